The van der Waals surface area contributed by atoms with Crippen molar-refractivity contribution in [2.45, 2.75) is 51.0 Å². The molecule has 30 heavy (non-hydrogen) atoms. The molecular formula is C25H26N4O. The molecule has 0 amide bonds. The standard InChI is InChI=1S/C25H26N4O/c1-3-16-5-4-6-17-9-15(2)10-20(24(16)17)23-11-22-21(14-30-23)25(28-27-22)29-12-18-7-8-19(13-29)26-18/h1,4-6,9-10,18-19,23,26H,7-8,11-14H2,2H3,(H,27,28). The first kappa shape index (κ1) is 18.0. The molecule has 0 aliphatic carbocycles. The highest BCUT2D eigenvalue weighted by Crippen LogP contribution is 2.38. The molecule has 2 saturated heterocycles. The lowest BCUT2D eigenvalue weighted by Crippen LogP contribution is -2.51. The molecule has 3 aromatic rings. The highest BCUT2D eigenvalue weighted by atomic mass is 16.5. The van der Waals surface area contributed by atoms with E-state index in [4.69, 9.17) is 16.3 Å². The van der Waals surface area contributed by atoms with Gasteiger partial charge in [-0.05, 0) is 36.8 Å². The summed E-state index contributed by atoms with van der Waals surface area (Å²) in [4.78, 5) is 2.44. The molecule has 2 fully saturated rings. The van der Waals surface area contributed by atoms with Crippen molar-refractivity contribution in [1.82, 2.24) is 15.5 Å². The van der Waals surface area contributed by atoms with Crippen LogP contribution in [0.2, 0.25) is 0 Å². The second kappa shape index (κ2) is 6.87. The summed E-state index contributed by atoms with van der Waals surface area (Å²) in [5.74, 6) is 3.94. The zero-order chi connectivity index (χ0) is 20.2. The maximum Gasteiger partial charge on any atom is 0.156 e. The number of aromatic amines is 1. The second-order valence-electron chi connectivity index (χ2n) is 8.95. The SMILES string of the molecule is C#Cc1cccc2cc(C)cc(C3Cc4[nH]nc(N5CC6CCC(C5)N6)c4CO3)c12. The molecule has 0 spiro atoms. The highest BCUT2D eigenvalue weighted by molar-refractivity contribution is 5.92. The van der Waals surface area contributed by atoms with E-state index >= 15 is 0 Å². The van der Waals surface area contributed by atoms with Crippen LogP contribution in [0.3, 0.4) is 0 Å². The average molecular weight is 399 g/mol. The van der Waals surface area contributed by atoms with Gasteiger partial charge in [-0.25, -0.2) is 0 Å². The molecule has 0 saturated carbocycles. The van der Waals surface area contributed by atoms with Crippen LogP contribution < -0.4 is 10.2 Å². The minimum atomic E-state index is -0.0260. The molecule has 5 nitrogen and oxygen atoms in total. The molecule has 4 heterocycles. The summed E-state index contributed by atoms with van der Waals surface area (Å²) in [6, 6.07) is 11.8. The van der Waals surface area contributed by atoms with E-state index in [9.17, 15) is 0 Å². The fraction of sp³-hybridized carbons (Fsp3) is 0.400. The molecule has 152 valence electrons. The molecule has 0 radical (unpaired) electrons. The van der Waals surface area contributed by atoms with Crippen molar-refractivity contribution in [2.75, 3.05) is 18.0 Å². The lowest BCUT2D eigenvalue weighted by Gasteiger charge is -2.34. The van der Waals surface area contributed by atoms with Crippen LogP contribution in [0.15, 0.2) is 30.3 Å². The number of piperazine rings is 1. The number of anilines is 1. The molecule has 3 atom stereocenters. The zero-order valence-corrected chi connectivity index (χ0v) is 17.2. The van der Waals surface area contributed by atoms with E-state index in [-0.39, 0.29) is 6.10 Å². The summed E-state index contributed by atoms with van der Waals surface area (Å²) in [6.45, 7) is 4.78. The Hall–Kier alpha value is -2.81. The zero-order valence-electron chi connectivity index (χ0n) is 17.2. The lowest BCUT2D eigenvalue weighted by molar-refractivity contribution is 0.0279. The predicted molar refractivity (Wildman–Crippen MR) is 119 cm³/mol. The summed E-state index contributed by atoms with van der Waals surface area (Å²) in [5.41, 5.74) is 5.75. The van der Waals surface area contributed by atoms with Gasteiger partial charge < -0.3 is 15.0 Å². The van der Waals surface area contributed by atoms with Crippen molar-refractivity contribution < 1.29 is 4.74 Å². The molecule has 1 aromatic heterocycles. The topological polar surface area (TPSA) is 53.2 Å². The number of nitrogens with one attached hydrogen (secondary N) is 2. The van der Waals surface area contributed by atoms with Gasteiger partial charge in [0.05, 0.1) is 12.7 Å². The monoisotopic (exact) mass is 398 g/mol. The first-order chi connectivity index (χ1) is 14.7. The first-order valence-corrected chi connectivity index (χ1v) is 10.9. The minimum absolute atomic E-state index is 0.0260. The Kier molecular flexibility index (Phi) is 4.12. The van der Waals surface area contributed by atoms with Crippen molar-refractivity contribution in [1.29, 1.82) is 0 Å². The largest absolute Gasteiger partial charge is 0.368 e. The van der Waals surface area contributed by atoms with Crippen LogP contribution >= 0.6 is 0 Å². The number of H-pyrrole nitrogens is 1. The third-order valence-corrected chi connectivity index (χ3v) is 6.92. The summed E-state index contributed by atoms with van der Waals surface area (Å²) in [7, 11) is 0. The first-order valence-electron chi connectivity index (χ1n) is 10.9. The predicted octanol–water partition coefficient (Wildman–Crippen LogP) is 3.61. The normalized spacial score (nSPS) is 25.3. The van der Waals surface area contributed by atoms with Gasteiger partial charge in [-0.2, -0.15) is 5.10 Å². The molecule has 2 bridgehead atoms. The third-order valence-electron chi connectivity index (χ3n) is 6.92. The van der Waals surface area contributed by atoms with Crippen molar-refractivity contribution in [2.24, 2.45) is 0 Å². The van der Waals surface area contributed by atoms with Crippen molar-refractivity contribution in [3.8, 4) is 12.3 Å². The van der Waals surface area contributed by atoms with Gasteiger partial charge >= 0.3 is 0 Å². The molecule has 2 N–H and O–H groups in total. The summed E-state index contributed by atoms with van der Waals surface area (Å²) in [6.07, 6.45) is 9.13. The van der Waals surface area contributed by atoms with E-state index in [0.29, 0.717) is 18.7 Å². The van der Waals surface area contributed by atoms with Gasteiger partial charge in [0, 0.05) is 53.8 Å². The maximum absolute atomic E-state index is 6.44. The van der Waals surface area contributed by atoms with Crippen LogP contribution in [-0.4, -0.2) is 35.4 Å². The summed E-state index contributed by atoms with van der Waals surface area (Å²) < 4.78 is 6.44. The smallest absolute Gasteiger partial charge is 0.156 e. The summed E-state index contributed by atoms with van der Waals surface area (Å²) in [5, 5.41) is 14.1. The van der Waals surface area contributed by atoms with Crippen LogP contribution in [-0.2, 0) is 17.8 Å². The molecule has 5 heteroatoms. The van der Waals surface area contributed by atoms with Gasteiger partial charge in [0.2, 0.25) is 0 Å². The van der Waals surface area contributed by atoms with Crippen LogP contribution in [0.5, 0.6) is 0 Å². The number of aryl methyl sites for hydroxylation is 1. The average Bonchev–Trinajstić information content (AvgIpc) is 3.34. The lowest BCUT2D eigenvalue weighted by atomic mass is 9.91. The number of rotatable bonds is 2. The summed E-state index contributed by atoms with van der Waals surface area (Å²) >= 11 is 0. The van der Waals surface area contributed by atoms with Crippen LogP contribution in [0.1, 0.15) is 46.9 Å². The molecule has 3 aliphatic rings. The molecular weight excluding hydrogens is 372 g/mol. The maximum atomic E-state index is 6.44. The van der Waals surface area contributed by atoms with E-state index in [0.717, 1.165) is 36.3 Å². The van der Waals surface area contributed by atoms with E-state index in [1.807, 2.05) is 12.1 Å². The number of fused-ring (bicyclic) bond motifs is 4. The number of ether oxygens (including phenoxy) is 1. The number of benzene rings is 2. The van der Waals surface area contributed by atoms with Crippen LogP contribution in [0.4, 0.5) is 5.82 Å². The van der Waals surface area contributed by atoms with Crippen molar-refractivity contribution in [3.63, 3.8) is 0 Å². The van der Waals surface area contributed by atoms with Gasteiger partial charge in [0.1, 0.15) is 0 Å². The number of terminal acetylenes is 1. The van der Waals surface area contributed by atoms with Crippen LogP contribution in [0, 0.1) is 19.3 Å². The number of aromatic nitrogens is 2. The van der Waals surface area contributed by atoms with Crippen molar-refractivity contribution >= 4 is 16.6 Å². The number of nitrogens with zero attached hydrogens (tertiary/aromatic N) is 2. The molecule has 3 unspecified atom stereocenters. The fourth-order valence-electron chi connectivity index (χ4n) is 5.56. The van der Waals surface area contributed by atoms with Gasteiger partial charge in [0.25, 0.3) is 0 Å². The Bertz CT molecular complexity index is 1160. The number of hydrogen-bond acceptors (Lipinski definition) is 4. The molecule has 6 rings (SSSR count). The quantitative estimate of drug-likeness (QED) is 0.648. The minimum Gasteiger partial charge on any atom is -0.368 e. The van der Waals surface area contributed by atoms with Gasteiger partial charge in [-0.1, -0.05) is 35.7 Å². The van der Waals surface area contributed by atoms with Crippen LogP contribution in [0.25, 0.3) is 10.8 Å². The Morgan fingerprint density at radius 3 is 2.83 bits per heavy atom. The third kappa shape index (κ3) is 2.83. The molecule has 3 aliphatic heterocycles. The van der Waals surface area contributed by atoms with Gasteiger partial charge in [-0.15, -0.1) is 6.42 Å². The highest BCUT2D eigenvalue weighted by Gasteiger charge is 2.35. The van der Waals surface area contributed by atoms with E-state index in [1.165, 1.54) is 40.6 Å². The van der Waals surface area contributed by atoms with E-state index in [2.05, 4.69) is 46.4 Å². The van der Waals surface area contributed by atoms with Gasteiger partial charge in [0.15, 0.2) is 5.82 Å². The second-order valence-corrected chi connectivity index (χ2v) is 8.95. The fourth-order valence-corrected chi connectivity index (χ4v) is 5.56. The number of hydrogen-bond donors (Lipinski definition) is 2. The Balaban J connectivity index is 1.35. The molecule has 2 aromatic carbocycles. The van der Waals surface area contributed by atoms with E-state index in [1.54, 1.807) is 0 Å². The van der Waals surface area contributed by atoms with Gasteiger partial charge in [-0.3, -0.25) is 5.10 Å². The Labute approximate surface area is 176 Å². The Morgan fingerprint density at radius 2 is 2.03 bits per heavy atom. The van der Waals surface area contributed by atoms with E-state index < -0.39 is 0 Å². The Morgan fingerprint density at radius 1 is 1.20 bits per heavy atom. The van der Waals surface area contributed by atoms with Crippen molar-refractivity contribution in [3.05, 3.63) is 58.3 Å².